The summed E-state index contributed by atoms with van der Waals surface area (Å²) in [5.74, 6) is 0. The second-order valence-electron chi connectivity index (χ2n) is 5.15. The first-order valence-electron chi connectivity index (χ1n) is 7.24. The van der Waals surface area contributed by atoms with Gasteiger partial charge in [-0.05, 0) is 48.9 Å². The molecule has 5 heteroatoms. The lowest BCUT2D eigenvalue weighted by atomic mass is 9.93. The minimum Gasteiger partial charge on any atom is -0.404 e. The van der Waals surface area contributed by atoms with E-state index in [-0.39, 0.29) is 0 Å². The zero-order chi connectivity index (χ0) is 15.2. The van der Waals surface area contributed by atoms with Gasteiger partial charge in [0, 0.05) is 44.8 Å². The average Bonchev–Trinajstić information content (AvgIpc) is 2.53. The zero-order valence-corrected chi connectivity index (χ0v) is 13.8. The molecule has 3 N–H and O–H groups in total. The lowest BCUT2D eigenvalue weighted by Gasteiger charge is -2.28. The van der Waals surface area contributed by atoms with Crippen LogP contribution < -0.4 is 11.1 Å². The van der Waals surface area contributed by atoms with E-state index in [0.717, 1.165) is 36.7 Å². The molecule has 4 nitrogen and oxygen atoms in total. The maximum Gasteiger partial charge on any atom is 0.0592 e. The molecule has 0 atom stereocenters. The maximum atomic E-state index is 5.70. The average molecular weight is 304 g/mol. The van der Waals surface area contributed by atoms with Crippen LogP contribution >= 0.6 is 11.9 Å². The molecule has 0 aliphatic carbocycles. The largest absolute Gasteiger partial charge is 0.404 e. The van der Waals surface area contributed by atoms with Crippen LogP contribution in [0.3, 0.4) is 0 Å². The number of nitrogens with one attached hydrogen (secondary N) is 1. The highest BCUT2D eigenvalue weighted by Crippen LogP contribution is 2.30. The summed E-state index contributed by atoms with van der Waals surface area (Å²) in [7, 11) is 1.80. The second-order valence-corrected chi connectivity index (χ2v) is 6.29. The molecule has 21 heavy (non-hydrogen) atoms. The third-order valence-corrected chi connectivity index (χ3v) is 4.97. The number of hydrogen-bond donors (Lipinski definition) is 2. The van der Waals surface area contributed by atoms with Crippen molar-refractivity contribution in [2.75, 3.05) is 26.7 Å². The molecule has 2 aliphatic heterocycles. The summed E-state index contributed by atoms with van der Waals surface area (Å²) in [6, 6.07) is 0. The number of rotatable bonds is 4. The van der Waals surface area contributed by atoms with Crippen molar-refractivity contribution in [1.29, 1.82) is 0 Å². The Bertz CT molecular complexity index is 540. The van der Waals surface area contributed by atoms with Crippen molar-refractivity contribution in [3.8, 4) is 0 Å². The van der Waals surface area contributed by atoms with Gasteiger partial charge in [0.15, 0.2) is 0 Å². The lowest BCUT2D eigenvalue weighted by molar-refractivity contribution is 0.503. The van der Waals surface area contributed by atoms with Gasteiger partial charge in [-0.2, -0.15) is 0 Å². The van der Waals surface area contributed by atoms with E-state index >= 15 is 0 Å². The number of dihydropyridines is 1. The molecule has 0 radical (unpaired) electrons. The number of aliphatic imine (C=N–C) groups is 1. The van der Waals surface area contributed by atoms with Crippen LogP contribution in [0.4, 0.5) is 0 Å². The fraction of sp³-hybridized carbons (Fsp3) is 0.438. The van der Waals surface area contributed by atoms with Crippen LogP contribution in [0.15, 0.2) is 51.2 Å². The van der Waals surface area contributed by atoms with E-state index in [2.05, 4.69) is 39.9 Å². The summed E-state index contributed by atoms with van der Waals surface area (Å²) in [4.78, 5) is 5.24. The molecule has 2 aliphatic rings. The summed E-state index contributed by atoms with van der Waals surface area (Å²) in [5, 5.41) is 3.25. The van der Waals surface area contributed by atoms with Gasteiger partial charge < -0.3 is 11.1 Å². The fourth-order valence-corrected chi connectivity index (χ4v) is 3.33. The van der Waals surface area contributed by atoms with Crippen molar-refractivity contribution >= 4 is 17.7 Å². The van der Waals surface area contributed by atoms with Gasteiger partial charge in [-0.1, -0.05) is 12.2 Å². The molecule has 114 valence electrons. The van der Waals surface area contributed by atoms with Gasteiger partial charge in [0.2, 0.25) is 0 Å². The zero-order valence-electron chi connectivity index (χ0n) is 13.0. The quantitative estimate of drug-likeness (QED) is 0.619. The minimum absolute atomic E-state index is 0.925. The molecular formula is C16H24N4S. The summed E-state index contributed by atoms with van der Waals surface area (Å²) in [6.07, 6.45) is 9.44. The van der Waals surface area contributed by atoms with Gasteiger partial charge in [0.25, 0.3) is 0 Å². The Kier molecular flexibility index (Phi) is 5.70. The highest BCUT2D eigenvalue weighted by atomic mass is 32.2. The normalized spacial score (nSPS) is 21.4. The van der Waals surface area contributed by atoms with Crippen LogP contribution in [0.25, 0.3) is 0 Å². The molecule has 0 amide bonds. The van der Waals surface area contributed by atoms with Gasteiger partial charge in [-0.3, -0.25) is 4.99 Å². The number of allylic oxidation sites excluding steroid dienone is 3. The van der Waals surface area contributed by atoms with E-state index in [0.29, 0.717) is 0 Å². The number of nitrogens with zero attached hydrogens (tertiary/aromatic N) is 2. The first kappa shape index (κ1) is 15.9. The molecule has 2 heterocycles. The molecule has 0 unspecified atom stereocenters. The lowest BCUT2D eigenvalue weighted by Crippen LogP contribution is -2.24. The SMILES string of the molecule is CN=C(C)C(=CN)SN1CC=C(C2=CCNC=C2C)CC1. The van der Waals surface area contributed by atoms with Gasteiger partial charge in [-0.25, -0.2) is 4.31 Å². The standard InChI is InChI=1S/C16H24N4S/c1-12-11-19-7-4-15(12)14-5-8-20(9-6-14)21-16(10-17)13(2)18-3/h4-5,10-11,19H,6-9,17H2,1-3H3. The molecule has 0 fully saturated rings. The first-order valence-corrected chi connectivity index (χ1v) is 8.01. The Labute approximate surface area is 131 Å². The Hall–Kier alpha value is -1.46. The Morgan fingerprint density at radius 1 is 1.48 bits per heavy atom. The summed E-state index contributed by atoms with van der Waals surface area (Å²) in [5.41, 5.74) is 10.9. The Morgan fingerprint density at radius 3 is 2.86 bits per heavy atom. The van der Waals surface area contributed by atoms with E-state index in [1.165, 1.54) is 16.7 Å². The van der Waals surface area contributed by atoms with Crippen LogP contribution in [-0.4, -0.2) is 36.7 Å². The van der Waals surface area contributed by atoms with Crippen molar-refractivity contribution in [3.63, 3.8) is 0 Å². The van der Waals surface area contributed by atoms with E-state index < -0.39 is 0 Å². The molecule has 0 spiro atoms. The minimum atomic E-state index is 0.925. The Morgan fingerprint density at radius 2 is 2.29 bits per heavy atom. The third-order valence-electron chi connectivity index (χ3n) is 3.76. The summed E-state index contributed by atoms with van der Waals surface area (Å²) >= 11 is 1.70. The van der Waals surface area contributed by atoms with Crippen molar-refractivity contribution in [2.24, 2.45) is 10.7 Å². The highest BCUT2D eigenvalue weighted by Gasteiger charge is 2.18. The van der Waals surface area contributed by atoms with E-state index in [4.69, 9.17) is 5.73 Å². The van der Waals surface area contributed by atoms with Gasteiger partial charge >= 0.3 is 0 Å². The monoisotopic (exact) mass is 304 g/mol. The van der Waals surface area contributed by atoms with Crippen LogP contribution in [-0.2, 0) is 0 Å². The predicted octanol–water partition coefficient (Wildman–Crippen LogP) is 2.59. The van der Waals surface area contributed by atoms with Crippen molar-refractivity contribution < 1.29 is 0 Å². The van der Waals surface area contributed by atoms with E-state index in [1.54, 1.807) is 25.2 Å². The Balaban J connectivity index is 1.99. The van der Waals surface area contributed by atoms with Crippen LogP contribution in [0, 0.1) is 0 Å². The molecule has 0 aromatic heterocycles. The molecule has 0 bridgehead atoms. The third kappa shape index (κ3) is 4.02. The molecule has 0 aromatic rings. The molecular weight excluding hydrogens is 280 g/mol. The molecule has 2 rings (SSSR count). The number of nitrogens with two attached hydrogens (primary N) is 1. The number of hydrogen-bond acceptors (Lipinski definition) is 5. The summed E-state index contributed by atoms with van der Waals surface area (Å²) < 4.78 is 2.33. The van der Waals surface area contributed by atoms with Crippen LogP contribution in [0.5, 0.6) is 0 Å². The van der Waals surface area contributed by atoms with E-state index in [1.807, 2.05) is 6.92 Å². The van der Waals surface area contributed by atoms with Crippen LogP contribution in [0.1, 0.15) is 20.3 Å². The van der Waals surface area contributed by atoms with Crippen molar-refractivity contribution in [3.05, 3.63) is 46.2 Å². The van der Waals surface area contributed by atoms with Gasteiger partial charge in [-0.15, -0.1) is 0 Å². The van der Waals surface area contributed by atoms with Crippen molar-refractivity contribution in [2.45, 2.75) is 20.3 Å². The highest BCUT2D eigenvalue weighted by molar-refractivity contribution is 8.01. The first-order chi connectivity index (χ1) is 10.2. The second kappa shape index (κ2) is 7.52. The van der Waals surface area contributed by atoms with Gasteiger partial charge in [0.1, 0.15) is 0 Å². The molecule has 0 saturated heterocycles. The fourth-order valence-electron chi connectivity index (χ4n) is 2.44. The van der Waals surface area contributed by atoms with Gasteiger partial charge in [0.05, 0.1) is 4.91 Å². The van der Waals surface area contributed by atoms with Crippen molar-refractivity contribution in [1.82, 2.24) is 9.62 Å². The molecule has 0 aromatic carbocycles. The van der Waals surface area contributed by atoms with Crippen LogP contribution in [0.2, 0.25) is 0 Å². The summed E-state index contributed by atoms with van der Waals surface area (Å²) in [6.45, 7) is 7.05. The smallest absolute Gasteiger partial charge is 0.0592 e. The maximum absolute atomic E-state index is 5.70. The topological polar surface area (TPSA) is 53.6 Å². The van der Waals surface area contributed by atoms with E-state index in [9.17, 15) is 0 Å². The molecule has 0 saturated carbocycles. The predicted molar refractivity (Wildman–Crippen MR) is 93.0 cm³/mol.